The van der Waals surface area contributed by atoms with Crippen LogP contribution in [0.1, 0.15) is 35.0 Å². The Hall–Kier alpha value is -2.89. The molecule has 128 valence electrons. The van der Waals surface area contributed by atoms with Gasteiger partial charge in [-0.1, -0.05) is 0 Å². The number of nitrogens with zero attached hydrogens (tertiary/aromatic N) is 3. The molecule has 6 heteroatoms. The largest absolute Gasteiger partial charge is 0.451 e. The Kier molecular flexibility index (Phi) is 3.87. The standard InChI is InChI=1S/C19H18FN3O2/c1-22-12-14(11-21-22)16-3-2-10-23(16)19(24)18-9-8-17(25-18)13-4-6-15(20)7-5-13/h4-9,11-12,16H,2-3,10H2,1H3. The molecule has 0 bridgehead atoms. The quantitative estimate of drug-likeness (QED) is 0.729. The van der Waals surface area contributed by atoms with Crippen LogP contribution < -0.4 is 0 Å². The highest BCUT2D eigenvalue weighted by Crippen LogP contribution is 2.33. The molecule has 1 amide bonds. The van der Waals surface area contributed by atoms with E-state index in [4.69, 9.17) is 4.42 Å². The molecule has 4 rings (SSSR count). The van der Waals surface area contributed by atoms with Crippen molar-refractivity contribution in [2.75, 3.05) is 6.54 Å². The van der Waals surface area contributed by atoms with Gasteiger partial charge >= 0.3 is 0 Å². The zero-order valence-electron chi connectivity index (χ0n) is 13.9. The van der Waals surface area contributed by atoms with Crippen LogP contribution in [-0.4, -0.2) is 27.1 Å². The first-order chi connectivity index (χ1) is 12.1. The number of halogens is 1. The fourth-order valence-corrected chi connectivity index (χ4v) is 3.33. The van der Waals surface area contributed by atoms with Crippen LogP contribution in [0.4, 0.5) is 4.39 Å². The maximum atomic E-state index is 13.0. The fraction of sp³-hybridized carbons (Fsp3) is 0.263. The highest BCUT2D eigenvalue weighted by molar-refractivity contribution is 5.92. The molecule has 0 aliphatic carbocycles. The van der Waals surface area contributed by atoms with Gasteiger partial charge in [-0.15, -0.1) is 0 Å². The second-order valence-electron chi connectivity index (χ2n) is 6.27. The molecule has 0 N–H and O–H groups in total. The third-order valence-corrected chi connectivity index (χ3v) is 4.57. The Balaban J connectivity index is 1.57. The molecule has 5 nitrogen and oxygen atoms in total. The van der Waals surface area contributed by atoms with Gasteiger partial charge in [0.05, 0.1) is 12.2 Å². The van der Waals surface area contributed by atoms with Crippen LogP contribution in [-0.2, 0) is 7.05 Å². The summed E-state index contributed by atoms with van der Waals surface area (Å²) in [5.41, 5.74) is 1.78. The predicted molar refractivity (Wildman–Crippen MR) is 90.3 cm³/mol. The third kappa shape index (κ3) is 2.95. The summed E-state index contributed by atoms with van der Waals surface area (Å²) >= 11 is 0. The minimum Gasteiger partial charge on any atom is -0.451 e. The van der Waals surface area contributed by atoms with Crippen molar-refractivity contribution in [3.8, 4) is 11.3 Å². The summed E-state index contributed by atoms with van der Waals surface area (Å²) in [7, 11) is 1.87. The number of rotatable bonds is 3. The zero-order chi connectivity index (χ0) is 17.4. The van der Waals surface area contributed by atoms with E-state index >= 15 is 0 Å². The van der Waals surface area contributed by atoms with Crippen molar-refractivity contribution in [1.82, 2.24) is 14.7 Å². The molecular formula is C19H18FN3O2. The molecule has 1 aromatic carbocycles. The lowest BCUT2D eigenvalue weighted by Gasteiger charge is -2.22. The van der Waals surface area contributed by atoms with E-state index in [1.807, 2.05) is 24.3 Å². The van der Waals surface area contributed by atoms with E-state index < -0.39 is 0 Å². The lowest BCUT2D eigenvalue weighted by Crippen LogP contribution is -2.30. The van der Waals surface area contributed by atoms with Crippen LogP contribution >= 0.6 is 0 Å². The molecule has 2 aromatic heterocycles. The molecule has 0 saturated carbocycles. The maximum absolute atomic E-state index is 13.0. The van der Waals surface area contributed by atoms with Crippen molar-refractivity contribution in [2.45, 2.75) is 18.9 Å². The van der Waals surface area contributed by atoms with E-state index in [0.717, 1.165) is 24.0 Å². The number of carbonyl (C=O) groups excluding carboxylic acids is 1. The van der Waals surface area contributed by atoms with Crippen LogP contribution in [0, 0.1) is 5.82 Å². The highest BCUT2D eigenvalue weighted by atomic mass is 19.1. The first kappa shape index (κ1) is 15.6. The number of hydrogen-bond donors (Lipinski definition) is 0. The van der Waals surface area contributed by atoms with Crippen molar-refractivity contribution < 1.29 is 13.6 Å². The van der Waals surface area contributed by atoms with Crippen LogP contribution in [0.2, 0.25) is 0 Å². The van der Waals surface area contributed by atoms with Gasteiger partial charge in [-0.2, -0.15) is 5.10 Å². The SMILES string of the molecule is Cn1cc(C2CCCN2C(=O)c2ccc(-c3ccc(F)cc3)o2)cn1. The number of likely N-dealkylation sites (tertiary alicyclic amines) is 1. The smallest absolute Gasteiger partial charge is 0.290 e. The Bertz CT molecular complexity index is 898. The van der Waals surface area contributed by atoms with Gasteiger partial charge < -0.3 is 9.32 Å². The normalized spacial score (nSPS) is 17.2. The topological polar surface area (TPSA) is 51.3 Å². The van der Waals surface area contributed by atoms with Crippen LogP contribution in [0.5, 0.6) is 0 Å². The zero-order valence-corrected chi connectivity index (χ0v) is 13.9. The van der Waals surface area contributed by atoms with E-state index in [1.54, 1.807) is 28.9 Å². The number of aromatic nitrogens is 2. The monoisotopic (exact) mass is 339 g/mol. The molecule has 1 unspecified atom stereocenters. The van der Waals surface area contributed by atoms with Crippen molar-refractivity contribution in [2.24, 2.45) is 7.05 Å². The Morgan fingerprint density at radius 1 is 1.24 bits per heavy atom. The van der Waals surface area contributed by atoms with Gasteiger partial charge in [0.1, 0.15) is 11.6 Å². The third-order valence-electron chi connectivity index (χ3n) is 4.57. The van der Waals surface area contributed by atoms with Crippen molar-refractivity contribution in [3.63, 3.8) is 0 Å². The average Bonchev–Trinajstić information content (AvgIpc) is 3.35. The van der Waals surface area contributed by atoms with Crippen molar-refractivity contribution >= 4 is 5.91 Å². The number of hydrogen-bond acceptors (Lipinski definition) is 3. The molecule has 3 heterocycles. The van der Waals surface area contributed by atoms with Crippen LogP contribution in [0.25, 0.3) is 11.3 Å². The van der Waals surface area contributed by atoms with Gasteiger partial charge in [0.2, 0.25) is 0 Å². The average molecular weight is 339 g/mol. The molecule has 1 saturated heterocycles. The van der Waals surface area contributed by atoms with Crippen molar-refractivity contribution in [3.05, 3.63) is 65.9 Å². The number of carbonyl (C=O) groups is 1. The molecule has 25 heavy (non-hydrogen) atoms. The fourth-order valence-electron chi connectivity index (χ4n) is 3.33. The number of furan rings is 1. The Labute approximate surface area is 144 Å². The minimum absolute atomic E-state index is 0.0283. The minimum atomic E-state index is -0.303. The molecular weight excluding hydrogens is 321 g/mol. The predicted octanol–water partition coefficient (Wildman–Crippen LogP) is 3.80. The van der Waals surface area contributed by atoms with Gasteiger partial charge in [-0.3, -0.25) is 9.48 Å². The van der Waals surface area contributed by atoms with Crippen molar-refractivity contribution in [1.29, 1.82) is 0 Å². The lowest BCUT2D eigenvalue weighted by molar-refractivity contribution is 0.0704. The van der Waals surface area contributed by atoms with Gasteiger partial charge in [-0.05, 0) is 49.2 Å². The summed E-state index contributed by atoms with van der Waals surface area (Å²) in [5.74, 6) is 0.429. The Morgan fingerprint density at radius 2 is 2.04 bits per heavy atom. The number of amides is 1. The first-order valence-electron chi connectivity index (χ1n) is 8.27. The second-order valence-corrected chi connectivity index (χ2v) is 6.27. The molecule has 0 radical (unpaired) electrons. The molecule has 1 aliphatic heterocycles. The van der Waals surface area contributed by atoms with E-state index in [1.165, 1.54) is 12.1 Å². The van der Waals surface area contributed by atoms with Gasteiger partial charge in [0.25, 0.3) is 5.91 Å². The summed E-state index contributed by atoms with van der Waals surface area (Å²) in [6.07, 6.45) is 5.63. The van der Waals surface area contributed by atoms with Gasteiger partial charge in [0.15, 0.2) is 5.76 Å². The number of benzene rings is 1. The maximum Gasteiger partial charge on any atom is 0.290 e. The van der Waals surface area contributed by atoms with Gasteiger partial charge in [-0.25, -0.2) is 4.39 Å². The van der Waals surface area contributed by atoms with Crippen LogP contribution in [0.3, 0.4) is 0 Å². The molecule has 1 fully saturated rings. The van der Waals surface area contributed by atoms with Crippen LogP contribution in [0.15, 0.2) is 53.2 Å². The van der Waals surface area contributed by atoms with E-state index in [2.05, 4.69) is 5.10 Å². The van der Waals surface area contributed by atoms with E-state index in [9.17, 15) is 9.18 Å². The van der Waals surface area contributed by atoms with Gasteiger partial charge in [0, 0.05) is 30.9 Å². The summed E-state index contributed by atoms with van der Waals surface area (Å²) < 4.78 is 20.5. The Morgan fingerprint density at radius 3 is 2.76 bits per heavy atom. The molecule has 1 atom stereocenters. The summed E-state index contributed by atoms with van der Waals surface area (Å²) in [6, 6.07) is 9.47. The van der Waals surface area contributed by atoms with E-state index in [-0.39, 0.29) is 17.8 Å². The first-order valence-corrected chi connectivity index (χ1v) is 8.27. The molecule has 1 aliphatic rings. The lowest BCUT2D eigenvalue weighted by atomic mass is 10.1. The summed E-state index contributed by atoms with van der Waals surface area (Å²) in [6.45, 7) is 0.699. The molecule has 3 aromatic rings. The summed E-state index contributed by atoms with van der Waals surface area (Å²) in [5, 5.41) is 4.20. The number of aryl methyl sites for hydroxylation is 1. The highest BCUT2D eigenvalue weighted by Gasteiger charge is 2.32. The molecule has 0 spiro atoms. The summed E-state index contributed by atoms with van der Waals surface area (Å²) in [4.78, 5) is 14.7. The second kappa shape index (κ2) is 6.20. The van der Waals surface area contributed by atoms with E-state index in [0.29, 0.717) is 18.1 Å².